The van der Waals surface area contributed by atoms with Crippen molar-refractivity contribution in [3.8, 4) is 0 Å². The Bertz CT molecular complexity index is 336. The summed E-state index contributed by atoms with van der Waals surface area (Å²) in [6.45, 7) is 0. The van der Waals surface area contributed by atoms with E-state index in [-0.39, 0.29) is 5.54 Å². The summed E-state index contributed by atoms with van der Waals surface area (Å²) in [5.74, 6) is -1.04. The van der Waals surface area contributed by atoms with E-state index in [1.807, 2.05) is 0 Å². The summed E-state index contributed by atoms with van der Waals surface area (Å²) in [5.41, 5.74) is 6.56. The van der Waals surface area contributed by atoms with Gasteiger partial charge < -0.3 is 5.73 Å². The zero-order chi connectivity index (χ0) is 10.9. The van der Waals surface area contributed by atoms with Gasteiger partial charge in [-0.1, -0.05) is 12.8 Å². The highest BCUT2D eigenvalue weighted by Crippen LogP contribution is 2.30. The summed E-state index contributed by atoms with van der Waals surface area (Å²) in [6, 6.07) is 3.63. The number of hydrogen-bond acceptors (Lipinski definition) is 1. The maximum atomic E-state index is 12.9. The van der Waals surface area contributed by atoms with Crippen LogP contribution >= 0.6 is 0 Å². The van der Waals surface area contributed by atoms with E-state index in [0.29, 0.717) is 12.0 Å². The van der Waals surface area contributed by atoms with E-state index in [1.165, 1.54) is 12.1 Å². The average Bonchev–Trinajstić information content (AvgIpc) is 2.49. The highest BCUT2D eigenvalue weighted by Gasteiger charge is 2.29. The van der Waals surface area contributed by atoms with Crippen molar-refractivity contribution < 1.29 is 8.78 Å². The Morgan fingerprint density at radius 3 is 2.13 bits per heavy atom. The molecule has 0 unspecified atom stereocenters. The standard InChI is InChI=1S/C12H15F2N/c13-10-5-9(6-11(14)7-10)8-12(15)3-1-2-4-12/h5-7H,1-4,8,15H2. The molecule has 1 saturated carbocycles. The molecule has 0 heterocycles. The Kier molecular flexibility index (Phi) is 2.74. The molecule has 82 valence electrons. The number of benzene rings is 1. The lowest BCUT2D eigenvalue weighted by Gasteiger charge is -2.23. The van der Waals surface area contributed by atoms with Gasteiger partial charge in [-0.05, 0) is 37.0 Å². The molecule has 0 bridgehead atoms. The first-order chi connectivity index (χ1) is 7.07. The van der Waals surface area contributed by atoms with E-state index in [9.17, 15) is 8.78 Å². The van der Waals surface area contributed by atoms with E-state index >= 15 is 0 Å². The van der Waals surface area contributed by atoms with Crippen LogP contribution in [0.15, 0.2) is 18.2 Å². The Morgan fingerprint density at radius 1 is 1.07 bits per heavy atom. The van der Waals surface area contributed by atoms with Gasteiger partial charge in [-0.25, -0.2) is 8.78 Å². The number of nitrogens with two attached hydrogens (primary N) is 1. The van der Waals surface area contributed by atoms with Crippen LogP contribution in [0.5, 0.6) is 0 Å². The Labute approximate surface area is 88.3 Å². The van der Waals surface area contributed by atoms with Crippen LogP contribution in [0.3, 0.4) is 0 Å². The van der Waals surface area contributed by atoms with Crippen LogP contribution in [0.1, 0.15) is 31.2 Å². The molecule has 1 aliphatic rings. The van der Waals surface area contributed by atoms with Crippen LogP contribution < -0.4 is 5.73 Å². The van der Waals surface area contributed by atoms with Crippen molar-refractivity contribution in [3.63, 3.8) is 0 Å². The van der Waals surface area contributed by atoms with Crippen molar-refractivity contribution >= 4 is 0 Å². The monoisotopic (exact) mass is 211 g/mol. The second kappa shape index (κ2) is 3.89. The lowest BCUT2D eigenvalue weighted by Crippen LogP contribution is -2.38. The predicted octanol–water partition coefficient (Wildman–Crippen LogP) is 2.78. The molecule has 0 amide bonds. The van der Waals surface area contributed by atoms with Gasteiger partial charge in [-0.2, -0.15) is 0 Å². The molecule has 1 aromatic carbocycles. The van der Waals surface area contributed by atoms with Crippen molar-refractivity contribution in [2.24, 2.45) is 5.73 Å². The molecule has 0 spiro atoms. The van der Waals surface area contributed by atoms with E-state index in [4.69, 9.17) is 5.73 Å². The maximum absolute atomic E-state index is 12.9. The van der Waals surface area contributed by atoms with Crippen LogP contribution in [0.25, 0.3) is 0 Å². The molecular weight excluding hydrogens is 196 g/mol. The van der Waals surface area contributed by atoms with E-state index in [2.05, 4.69) is 0 Å². The lowest BCUT2D eigenvalue weighted by molar-refractivity contribution is 0.434. The SMILES string of the molecule is NC1(Cc2cc(F)cc(F)c2)CCCC1. The van der Waals surface area contributed by atoms with Crippen molar-refractivity contribution in [1.29, 1.82) is 0 Å². The molecule has 2 rings (SSSR count). The first-order valence-electron chi connectivity index (χ1n) is 5.31. The number of hydrogen-bond donors (Lipinski definition) is 1. The highest BCUT2D eigenvalue weighted by atomic mass is 19.1. The summed E-state index contributed by atoms with van der Waals surface area (Å²) in [6.07, 6.45) is 4.71. The third-order valence-electron chi connectivity index (χ3n) is 3.08. The molecule has 15 heavy (non-hydrogen) atoms. The molecule has 2 N–H and O–H groups in total. The second-order valence-electron chi connectivity index (χ2n) is 4.52. The predicted molar refractivity (Wildman–Crippen MR) is 55.4 cm³/mol. The minimum Gasteiger partial charge on any atom is -0.325 e. The summed E-state index contributed by atoms with van der Waals surface area (Å²) in [7, 11) is 0. The maximum Gasteiger partial charge on any atom is 0.126 e. The third-order valence-corrected chi connectivity index (χ3v) is 3.08. The van der Waals surface area contributed by atoms with Crippen LogP contribution in [-0.2, 0) is 6.42 Å². The fourth-order valence-corrected chi connectivity index (χ4v) is 2.38. The Hall–Kier alpha value is -0.960. The first kappa shape index (κ1) is 10.6. The number of rotatable bonds is 2. The van der Waals surface area contributed by atoms with Crippen molar-refractivity contribution in [2.75, 3.05) is 0 Å². The summed E-state index contributed by atoms with van der Waals surface area (Å²) in [5, 5.41) is 0. The van der Waals surface area contributed by atoms with Crippen LogP contribution in [0.2, 0.25) is 0 Å². The Balaban J connectivity index is 2.16. The molecule has 1 nitrogen and oxygen atoms in total. The highest BCUT2D eigenvalue weighted by molar-refractivity contribution is 5.20. The van der Waals surface area contributed by atoms with Gasteiger partial charge >= 0.3 is 0 Å². The molecule has 1 fully saturated rings. The van der Waals surface area contributed by atoms with Crippen molar-refractivity contribution in [2.45, 2.75) is 37.6 Å². The number of halogens is 2. The van der Waals surface area contributed by atoms with E-state index in [1.54, 1.807) is 0 Å². The summed E-state index contributed by atoms with van der Waals surface area (Å²) in [4.78, 5) is 0. The smallest absolute Gasteiger partial charge is 0.126 e. The van der Waals surface area contributed by atoms with Crippen LogP contribution in [0.4, 0.5) is 8.78 Å². The molecule has 0 saturated heterocycles. The normalized spacial score (nSPS) is 19.4. The van der Waals surface area contributed by atoms with Crippen molar-refractivity contribution in [3.05, 3.63) is 35.4 Å². The topological polar surface area (TPSA) is 26.0 Å². The molecule has 1 aromatic rings. The Morgan fingerprint density at radius 2 is 1.60 bits per heavy atom. The van der Waals surface area contributed by atoms with Gasteiger partial charge in [0.2, 0.25) is 0 Å². The first-order valence-corrected chi connectivity index (χ1v) is 5.31. The van der Waals surface area contributed by atoms with Gasteiger partial charge in [-0.15, -0.1) is 0 Å². The molecular formula is C12H15F2N. The summed E-state index contributed by atoms with van der Waals surface area (Å²) >= 11 is 0. The molecule has 0 aliphatic heterocycles. The molecule has 0 atom stereocenters. The molecule has 0 radical (unpaired) electrons. The summed E-state index contributed by atoms with van der Waals surface area (Å²) < 4.78 is 25.9. The van der Waals surface area contributed by atoms with Gasteiger partial charge in [-0.3, -0.25) is 0 Å². The van der Waals surface area contributed by atoms with Crippen molar-refractivity contribution in [1.82, 2.24) is 0 Å². The van der Waals surface area contributed by atoms with Gasteiger partial charge in [0, 0.05) is 11.6 Å². The minimum absolute atomic E-state index is 0.250. The molecule has 3 heteroatoms. The van der Waals surface area contributed by atoms with Gasteiger partial charge in [0.25, 0.3) is 0 Å². The second-order valence-corrected chi connectivity index (χ2v) is 4.52. The quantitative estimate of drug-likeness (QED) is 0.799. The van der Waals surface area contributed by atoms with Crippen LogP contribution in [0, 0.1) is 11.6 Å². The zero-order valence-corrected chi connectivity index (χ0v) is 8.60. The van der Waals surface area contributed by atoms with E-state index in [0.717, 1.165) is 31.7 Å². The lowest BCUT2D eigenvalue weighted by atomic mass is 9.90. The average molecular weight is 211 g/mol. The third kappa shape index (κ3) is 2.53. The molecule has 1 aliphatic carbocycles. The zero-order valence-electron chi connectivity index (χ0n) is 8.60. The van der Waals surface area contributed by atoms with Gasteiger partial charge in [0.1, 0.15) is 11.6 Å². The van der Waals surface area contributed by atoms with Gasteiger partial charge in [0.05, 0.1) is 0 Å². The fourth-order valence-electron chi connectivity index (χ4n) is 2.38. The van der Waals surface area contributed by atoms with E-state index < -0.39 is 11.6 Å². The molecule has 0 aromatic heterocycles. The van der Waals surface area contributed by atoms with Crippen LogP contribution in [-0.4, -0.2) is 5.54 Å². The fraction of sp³-hybridized carbons (Fsp3) is 0.500. The van der Waals surface area contributed by atoms with Gasteiger partial charge in [0.15, 0.2) is 0 Å². The minimum atomic E-state index is -0.522. The largest absolute Gasteiger partial charge is 0.325 e.